The van der Waals surface area contributed by atoms with Crippen LogP contribution >= 0.6 is 11.6 Å². The molecule has 1 aromatic carbocycles. The Morgan fingerprint density at radius 3 is 2.77 bits per heavy atom. The maximum atomic E-state index is 11.8. The van der Waals surface area contributed by atoms with Gasteiger partial charge in [0.15, 0.2) is 5.96 Å². The van der Waals surface area contributed by atoms with E-state index in [-0.39, 0.29) is 18.5 Å². The zero-order valence-electron chi connectivity index (χ0n) is 15.3. The standard InChI is InChI=1S/C19H25ClN4O2/c1-14(15-6-4-7-16(20)12-15)23-19(22-13-18(25)24(2)3)21-10-9-17-8-5-11-26-17/h4-8,11-12,14H,9-10,13H2,1-3H3,(H2,21,22,23). The number of hydrogen-bond acceptors (Lipinski definition) is 3. The SMILES string of the molecule is CC(NC(=NCC(=O)N(C)C)NCCc1ccco1)c1cccc(Cl)c1. The van der Waals surface area contributed by atoms with Crippen molar-refractivity contribution in [2.75, 3.05) is 27.2 Å². The first-order valence-corrected chi connectivity index (χ1v) is 8.86. The number of furan rings is 1. The topological polar surface area (TPSA) is 69.9 Å². The zero-order valence-corrected chi connectivity index (χ0v) is 16.1. The Balaban J connectivity index is 2.00. The van der Waals surface area contributed by atoms with Gasteiger partial charge in [-0.3, -0.25) is 4.79 Å². The Bertz CT molecular complexity index is 729. The predicted molar refractivity (Wildman–Crippen MR) is 104 cm³/mol. The molecule has 0 radical (unpaired) electrons. The molecule has 1 aromatic heterocycles. The van der Waals surface area contributed by atoms with Gasteiger partial charge in [0.25, 0.3) is 0 Å². The molecule has 0 saturated carbocycles. The van der Waals surface area contributed by atoms with Crippen molar-refractivity contribution >= 4 is 23.5 Å². The number of nitrogens with one attached hydrogen (secondary N) is 2. The molecule has 0 aliphatic heterocycles. The van der Waals surface area contributed by atoms with Gasteiger partial charge in [-0.25, -0.2) is 4.99 Å². The van der Waals surface area contributed by atoms with Crippen molar-refractivity contribution in [1.82, 2.24) is 15.5 Å². The highest BCUT2D eigenvalue weighted by Gasteiger charge is 2.10. The molecule has 2 rings (SSSR count). The molecule has 140 valence electrons. The first-order chi connectivity index (χ1) is 12.5. The van der Waals surface area contributed by atoms with E-state index in [0.717, 1.165) is 17.7 Å². The second-order valence-corrected chi connectivity index (χ2v) is 6.57. The fourth-order valence-corrected chi connectivity index (χ4v) is 2.46. The maximum absolute atomic E-state index is 11.8. The number of carbonyl (C=O) groups is 1. The van der Waals surface area contributed by atoms with E-state index in [1.165, 1.54) is 4.90 Å². The summed E-state index contributed by atoms with van der Waals surface area (Å²) in [6.45, 7) is 2.73. The van der Waals surface area contributed by atoms with E-state index in [0.29, 0.717) is 17.5 Å². The zero-order chi connectivity index (χ0) is 18.9. The highest BCUT2D eigenvalue weighted by Crippen LogP contribution is 2.17. The van der Waals surface area contributed by atoms with Crippen molar-refractivity contribution in [3.63, 3.8) is 0 Å². The summed E-state index contributed by atoms with van der Waals surface area (Å²) in [4.78, 5) is 17.7. The molecular formula is C19H25ClN4O2. The second-order valence-electron chi connectivity index (χ2n) is 6.13. The highest BCUT2D eigenvalue weighted by atomic mass is 35.5. The van der Waals surface area contributed by atoms with Crippen LogP contribution in [-0.4, -0.2) is 44.0 Å². The van der Waals surface area contributed by atoms with Gasteiger partial charge in [0, 0.05) is 32.1 Å². The van der Waals surface area contributed by atoms with E-state index in [1.54, 1.807) is 20.4 Å². The molecular weight excluding hydrogens is 352 g/mol. The minimum atomic E-state index is -0.0625. The molecule has 0 saturated heterocycles. The Morgan fingerprint density at radius 2 is 2.12 bits per heavy atom. The van der Waals surface area contributed by atoms with Crippen LogP contribution in [0.15, 0.2) is 52.1 Å². The van der Waals surface area contributed by atoms with Crippen molar-refractivity contribution in [2.24, 2.45) is 4.99 Å². The number of benzene rings is 1. The molecule has 0 aliphatic carbocycles. The lowest BCUT2D eigenvalue weighted by atomic mass is 10.1. The summed E-state index contributed by atoms with van der Waals surface area (Å²) >= 11 is 6.07. The summed E-state index contributed by atoms with van der Waals surface area (Å²) in [6.07, 6.45) is 2.38. The van der Waals surface area contributed by atoms with E-state index >= 15 is 0 Å². The Morgan fingerprint density at radius 1 is 1.31 bits per heavy atom. The molecule has 7 heteroatoms. The van der Waals surface area contributed by atoms with Gasteiger partial charge in [0.1, 0.15) is 12.3 Å². The Labute approximate surface area is 159 Å². The van der Waals surface area contributed by atoms with Crippen molar-refractivity contribution in [2.45, 2.75) is 19.4 Å². The van der Waals surface area contributed by atoms with Gasteiger partial charge in [0.2, 0.25) is 5.91 Å². The van der Waals surface area contributed by atoms with Gasteiger partial charge in [-0.2, -0.15) is 0 Å². The number of likely N-dealkylation sites (N-methyl/N-ethyl adjacent to an activating group) is 1. The van der Waals surface area contributed by atoms with E-state index < -0.39 is 0 Å². The minimum Gasteiger partial charge on any atom is -0.469 e. The van der Waals surface area contributed by atoms with Crippen LogP contribution in [-0.2, 0) is 11.2 Å². The van der Waals surface area contributed by atoms with E-state index in [1.807, 2.05) is 43.3 Å². The van der Waals surface area contributed by atoms with Gasteiger partial charge in [0.05, 0.1) is 12.3 Å². The van der Waals surface area contributed by atoms with Gasteiger partial charge in [-0.05, 0) is 36.8 Å². The van der Waals surface area contributed by atoms with E-state index in [4.69, 9.17) is 16.0 Å². The molecule has 26 heavy (non-hydrogen) atoms. The number of guanidine groups is 1. The fraction of sp³-hybridized carbons (Fsp3) is 0.368. The summed E-state index contributed by atoms with van der Waals surface area (Å²) in [6, 6.07) is 11.4. The van der Waals surface area contributed by atoms with Crippen molar-refractivity contribution in [1.29, 1.82) is 0 Å². The first-order valence-electron chi connectivity index (χ1n) is 8.48. The summed E-state index contributed by atoms with van der Waals surface area (Å²) in [5.74, 6) is 1.40. The molecule has 2 aromatic rings. The lowest BCUT2D eigenvalue weighted by molar-refractivity contribution is -0.127. The van der Waals surface area contributed by atoms with Gasteiger partial charge in [-0.1, -0.05) is 23.7 Å². The summed E-state index contributed by atoms with van der Waals surface area (Å²) in [7, 11) is 3.42. The van der Waals surface area contributed by atoms with E-state index in [9.17, 15) is 4.79 Å². The predicted octanol–water partition coefficient (Wildman–Crippen LogP) is 2.86. The Kier molecular flexibility index (Phi) is 7.53. The first kappa shape index (κ1) is 19.8. The van der Waals surface area contributed by atoms with Crippen LogP contribution in [0.4, 0.5) is 0 Å². The number of carbonyl (C=O) groups excluding carboxylic acids is 1. The van der Waals surface area contributed by atoms with Crippen LogP contribution in [0.1, 0.15) is 24.3 Å². The molecule has 0 bridgehead atoms. The summed E-state index contributed by atoms with van der Waals surface area (Å²) < 4.78 is 5.33. The largest absolute Gasteiger partial charge is 0.469 e. The maximum Gasteiger partial charge on any atom is 0.243 e. The normalized spacial score (nSPS) is 12.5. The molecule has 0 fully saturated rings. The Hall–Kier alpha value is -2.47. The molecule has 2 N–H and O–H groups in total. The molecule has 0 spiro atoms. The average Bonchev–Trinajstić information content (AvgIpc) is 3.12. The third kappa shape index (κ3) is 6.44. The smallest absolute Gasteiger partial charge is 0.243 e. The number of halogens is 1. The number of amides is 1. The third-order valence-electron chi connectivity index (χ3n) is 3.82. The van der Waals surface area contributed by atoms with Crippen LogP contribution in [0, 0.1) is 0 Å². The van der Waals surface area contributed by atoms with Crippen LogP contribution in [0.2, 0.25) is 5.02 Å². The van der Waals surface area contributed by atoms with Crippen molar-refractivity contribution in [3.8, 4) is 0 Å². The van der Waals surface area contributed by atoms with Gasteiger partial charge < -0.3 is 20.0 Å². The van der Waals surface area contributed by atoms with E-state index in [2.05, 4.69) is 15.6 Å². The quantitative estimate of drug-likeness (QED) is 0.576. The molecule has 1 atom stereocenters. The lowest BCUT2D eigenvalue weighted by Gasteiger charge is -2.19. The number of hydrogen-bond donors (Lipinski definition) is 2. The average molecular weight is 377 g/mol. The second kappa shape index (κ2) is 9.87. The van der Waals surface area contributed by atoms with Crippen LogP contribution < -0.4 is 10.6 Å². The summed E-state index contributed by atoms with van der Waals surface area (Å²) in [5.41, 5.74) is 1.04. The molecule has 1 amide bonds. The summed E-state index contributed by atoms with van der Waals surface area (Å²) in [5, 5.41) is 7.24. The van der Waals surface area contributed by atoms with Crippen molar-refractivity contribution in [3.05, 3.63) is 59.0 Å². The van der Waals surface area contributed by atoms with Gasteiger partial charge in [-0.15, -0.1) is 0 Å². The lowest BCUT2D eigenvalue weighted by Crippen LogP contribution is -2.40. The fourth-order valence-electron chi connectivity index (χ4n) is 2.26. The minimum absolute atomic E-state index is 0.0157. The van der Waals surface area contributed by atoms with Crippen molar-refractivity contribution < 1.29 is 9.21 Å². The molecule has 0 aliphatic rings. The molecule has 6 nitrogen and oxygen atoms in total. The van der Waals surface area contributed by atoms with Crippen LogP contribution in [0.5, 0.6) is 0 Å². The monoisotopic (exact) mass is 376 g/mol. The molecule has 1 heterocycles. The number of aliphatic imine (C=N–C) groups is 1. The number of rotatable bonds is 7. The van der Waals surface area contributed by atoms with Crippen LogP contribution in [0.3, 0.4) is 0 Å². The molecule has 1 unspecified atom stereocenters. The highest BCUT2D eigenvalue weighted by molar-refractivity contribution is 6.30. The van der Waals surface area contributed by atoms with Gasteiger partial charge >= 0.3 is 0 Å². The van der Waals surface area contributed by atoms with Crippen LogP contribution in [0.25, 0.3) is 0 Å². The number of nitrogens with zero attached hydrogens (tertiary/aromatic N) is 2. The third-order valence-corrected chi connectivity index (χ3v) is 4.05.